The molecule has 2 aromatic carbocycles. The summed E-state index contributed by atoms with van der Waals surface area (Å²) in [5.74, 6) is -1.79. The fourth-order valence-corrected chi connectivity index (χ4v) is 5.20. The van der Waals surface area contributed by atoms with Crippen molar-refractivity contribution in [1.82, 2.24) is 9.38 Å². The normalized spacial score (nSPS) is 12.9. The molecule has 0 fully saturated rings. The van der Waals surface area contributed by atoms with E-state index in [1.807, 2.05) is 0 Å². The average molecular weight is 478 g/mol. The number of carbonyl (C=O) groups excluding carboxylic acids is 2. The maximum Gasteiger partial charge on any atom is 0.338 e. The van der Waals surface area contributed by atoms with E-state index in [1.165, 1.54) is 64.7 Å². The number of rotatable bonds is 5. The number of thiazole rings is 1. The lowest BCUT2D eigenvalue weighted by Crippen LogP contribution is -2.18. The number of hydrogen-bond acceptors (Lipinski definition) is 6. The largest absolute Gasteiger partial charge is 0.456 e. The lowest BCUT2D eigenvalue weighted by atomic mass is 10.0. The molecule has 1 aliphatic rings. The van der Waals surface area contributed by atoms with Crippen LogP contribution in [0.15, 0.2) is 59.4 Å². The molecule has 0 aliphatic heterocycles. The van der Waals surface area contributed by atoms with Gasteiger partial charge in [-0.25, -0.2) is 14.2 Å². The number of ether oxygens (including phenoxy) is 1. The fourth-order valence-electron chi connectivity index (χ4n) is 3.97. The van der Waals surface area contributed by atoms with Gasteiger partial charge in [-0.2, -0.15) is 0 Å². The Kier molecular flexibility index (Phi) is 5.93. The van der Waals surface area contributed by atoms with Crippen molar-refractivity contribution in [2.24, 2.45) is 0 Å². The second-order valence-corrected chi connectivity index (χ2v) is 9.03. The van der Waals surface area contributed by atoms with Crippen LogP contribution in [0.2, 0.25) is 0 Å². The van der Waals surface area contributed by atoms with Gasteiger partial charge in [0.05, 0.1) is 16.8 Å². The molecule has 0 saturated carbocycles. The monoisotopic (exact) mass is 477 g/mol. The first-order valence-electron chi connectivity index (χ1n) is 10.9. The van der Waals surface area contributed by atoms with Gasteiger partial charge in [-0.05, 0) is 62.1 Å². The SMILES string of the molecule is O=C(OCc1cc(=O)n2c3c(sc2n1)CCCC3)c1ccc(NC(=O)c2ccccc2F)cc1. The van der Waals surface area contributed by atoms with Gasteiger partial charge in [-0.3, -0.25) is 14.0 Å². The first-order chi connectivity index (χ1) is 16.5. The summed E-state index contributed by atoms with van der Waals surface area (Å²) in [6.07, 6.45) is 4.02. The Morgan fingerprint density at radius 2 is 1.85 bits per heavy atom. The number of aromatic nitrogens is 2. The highest BCUT2D eigenvalue weighted by Crippen LogP contribution is 2.28. The van der Waals surface area contributed by atoms with E-state index in [1.54, 1.807) is 10.5 Å². The summed E-state index contributed by atoms with van der Waals surface area (Å²) in [7, 11) is 0. The summed E-state index contributed by atoms with van der Waals surface area (Å²) < 4.78 is 20.8. The van der Waals surface area contributed by atoms with Crippen LogP contribution < -0.4 is 10.9 Å². The van der Waals surface area contributed by atoms with E-state index in [-0.39, 0.29) is 23.3 Å². The molecule has 0 saturated heterocycles. The third-order valence-corrected chi connectivity index (χ3v) is 6.81. The van der Waals surface area contributed by atoms with Crippen molar-refractivity contribution < 1.29 is 18.7 Å². The van der Waals surface area contributed by atoms with Gasteiger partial charge in [0.2, 0.25) is 0 Å². The van der Waals surface area contributed by atoms with Gasteiger partial charge >= 0.3 is 5.97 Å². The van der Waals surface area contributed by atoms with Crippen LogP contribution in [0.25, 0.3) is 4.96 Å². The number of esters is 1. The van der Waals surface area contributed by atoms with Crippen molar-refractivity contribution in [2.75, 3.05) is 5.32 Å². The number of fused-ring (bicyclic) bond motifs is 3. The molecule has 34 heavy (non-hydrogen) atoms. The Bertz CT molecular complexity index is 1460. The average Bonchev–Trinajstić information content (AvgIpc) is 3.22. The summed E-state index contributed by atoms with van der Waals surface area (Å²) in [4.78, 5) is 43.6. The molecule has 0 spiro atoms. The van der Waals surface area contributed by atoms with Crippen LogP contribution in [0.5, 0.6) is 0 Å². The minimum absolute atomic E-state index is 0.0713. The minimum atomic E-state index is -0.616. The fraction of sp³-hybridized carbons (Fsp3) is 0.200. The van der Waals surface area contributed by atoms with Gasteiger partial charge in [0, 0.05) is 22.3 Å². The summed E-state index contributed by atoms with van der Waals surface area (Å²) in [6, 6.07) is 13.1. The Hall–Kier alpha value is -3.85. The molecule has 2 aromatic heterocycles. The van der Waals surface area contributed by atoms with Crippen molar-refractivity contribution >= 4 is 33.9 Å². The van der Waals surface area contributed by atoms with Gasteiger partial charge in [0.25, 0.3) is 11.5 Å². The van der Waals surface area contributed by atoms with Gasteiger partial charge in [0.1, 0.15) is 12.4 Å². The Morgan fingerprint density at radius 1 is 1.09 bits per heavy atom. The molecule has 4 aromatic rings. The lowest BCUT2D eigenvalue weighted by Gasteiger charge is -2.10. The molecule has 0 radical (unpaired) electrons. The smallest absolute Gasteiger partial charge is 0.338 e. The van der Waals surface area contributed by atoms with E-state index >= 15 is 0 Å². The minimum Gasteiger partial charge on any atom is -0.456 e. The highest BCUT2D eigenvalue weighted by atomic mass is 32.1. The van der Waals surface area contributed by atoms with Crippen molar-refractivity contribution in [3.63, 3.8) is 0 Å². The van der Waals surface area contributed by atoms with Crippen molar-refractivity contribution in [3.8, 4) is 0 Å². The Balaban J connectivity index is 1.24. The van der Waals surface area contributed by atoms with E-state index in [0.717, 1.165) is 31.4 Å². The topological polar surface area (TPSA) is 89.8 Å². The number of nitrogens with zero attached hydrogens (tertiary/aromatic N) is 2. The number of carbonyl (C=O) groups is 2. The Labute approximate surface area is 197 Å². The molecule has 1 aliphatic carbocycles. The zero-order chi connectivity index (χ0) is 23.7. The van der Waals surface area contributed by atoms with Gasteiger partial charge in [-0.1, -0.05) is 12.1 Å². The first kappa shape index (κ1) is 22.0. The lowest BCUT2D eigenvalue weighted by molar-refractivity contribution is 0.0467. The second-order valence-electron chi connectivity index (χ2n) is 7.97. The van der Waals surface area contributed by atoms with Crippen LogP contribution >= 0.6 is 11.3 Å². The molecule has 0 unspecified atom stereocenters. The van der Waals surface area contributed by atoms with Crippen molar-refractivity contribution in [2.45, 2.75) is 32.3 Å². The van der Waals surface area contributed by atoms with Gasteiger partial charge in [0.15, 0.2) is 4.96 Å². The number of aryl methyl sites for hydroxylation is 2. The zero-order valence-corrected chi connectivity index (χ0v) is 18.9. The Morgan fingerprint density at radius 3 is 2.65 bits per heavy atom. The number of benzene rings is 2. The van der Waals surface area contributed by atoms with E-state index in [2.05, 4.69) is 10.3 Å². The standard InChI is InChI=1S/C25H20FN3O4S/c26-19-6-2-1-5-18(19)23(31)27-16-11-9-15(10-12-16)24(32)33-14-17-13-22(30)29-20-7-3-4-8-21(20)34-25(29)28-17/h1-2,5-6,9-13H,3-4,7-8,14H2,(H,27,31). The predicted octanol–water partition coefficient (Wildman–Crippen LogP) is 4.38. The van der Waals surface area contributed by atoms with E-state index in [0.29, 0.717) is 16.3 Å². The summed E-state index contributed by atoms with van der Waals surface area (Å²) in [5, 5.41) is 2.59. The number of nitrogens with one attached hydrogen (secondary N) is 1. The highest BCUT2D eigenvalue weighted by Gasteiger charge is 2.19. The maximum absolute atomic E-state index is 13.8. The molecular weight excluding hydrogens is 457 g/mol. The van der Waals surface area contributed by atoms with Crippen LogP contribution in [0, 0.1) is 5.82 Å². The quantitative estimate of drug-likeness (QED) is 0.431. The highest BCUT2D eigenvalue weighted by molar-refractivity contribution is 7.17. The van der Waals surface area contributed by atoms with Crippen LogP contribution in [0.1, 0.15) is 49.8 Å². The molecular formula is C25H20FN3O4S. The van der Waals surface area contributed by atoms with Crippen LogP contribution in [0.4, 0.5) is 10.1 Å². The van der Waals surface area contributed by atoms with Crippen molar-refractivity contribution in [1.29, 1.82) is 0 Å². The van der Waals surface area contributed by atoms with Gasteiger partial charge < -0.3 is 10.1 Å². The molecule has 0 bridgehead atoms. The van der Waals surface area contributed by atoms with E-state index in [4.69, 9.17) is 4.74 Å². The third kappa shape index (κ3) is 4.34. The number of hydrogen-bond donors (Lipinski definition) is 1. The number of halogens is 1. The third-order valence-electron chi connectivity index (χ3n) is 5.66. The zero-order valence-electron chi connectivity index (χ0n) is 18.0. The molecule has 0 atom stereocenters. The second kappa shape index (κ2) is 9.18. The van der Waals surface area contributed by atoms with Crippen LogP contribution in [-0.2, 0) is 24.2 Å². The van der Waals surface area contributed by atoms with E-state index < -0.39 is 17.7 Å². The maximum atomic E-state index is 13.8. The van der Waals surface area contributed by atoms with Crippen molar-refractivity contribution in [3.05, 3.63) is 98.2 Å². The summed E-state index contributed by atoms with van der Waals surface area (Å²) >= 11 is 1.52. The first-order valence-corrected chi connectivity index (χ1v) is 11.7. The molecule has 2 heterocycles. The number of anilines is 1. The van der Waals surface area contributed by atoms with Crippen LogP contribution in [0.3, 0.4) is 0 Å². The molecule has 1 amide bonds. The molecule has 5 rings (SSSR count). The molecule has 9 heteroatoms. The molecule has 172 valence electrons. The van der Waals surface area contributed by atoms with Gasteiger partial charge in [-0.15, -0.1) is 11.3 Å². The number of amides is 1. The molecule has 1 N–H and O–H groups in total. The summed E-state index contributed by atoms with van der Waals surface area (Å²) in [6.45, 7) is -0.126. The summed E-state index contributed by atoms with van der Waals surface area (Å²) in [5.41, 5.74) is 1.89. The van der Waals surface area contributed by atoms with E-state index in [9.17, 15) is 18.8 Å². The van der Waals surface area contributed by atoms with Crippen LogP contribution in [-0.4, -0.2) is 21.3 Å². The predicted molar refractivity (Wildman–Crippen MR) is 126 cm³/mol. The molecule has 7 nitrogen and oxygen atoms in total.